The van der Waals surface area contributed by atoms with Crippen LogP contribution in [0.5, 0.6) is 0 Å². The van der Waals surface area contributed by atoms with Crippen molar-refractivity contribution in [2.75, 3.05) is 18.4 Å². The Morgan fingerprint density at radius 2 is 2.14 bits per heavy atom. The predicted octanol–water partition coefficient (Wildman–Crippen LogP) is 2.79. The molecular weight excluding hydrogens is 281 g/mol. The smallest absolute Gasteiger partial charge is 0.251 e. The summed E-state index contributed by atoms with van der Waals surface area (Å²) in [5, 5.41) is 5.80. The molecule has 2 N–H and O–H groups in total. The maximum atomic E-state index is 13.5. The summed E-state index contributed by atoms with van der Waals surface area (Å²) < 4.78 is 13.5. The van der Waals surface area contributed by atoms with Crippen LogP contribution in [0.1, 0.15) is 15.9 Å². The van der Waals surface area contributed by atoms with Gasteiger partial charge in [-0.3, -0.25) is 4.79 Å². The number of pyridine rings is 1. The Hall–Kier alpha value is -2.69. The van der Waals surface area contributed by atoms with Crippen LogP contribution in [0, 0.1) is 5.82 Å². The molecule has 2 aromatic rings. The molecule has 0 unspecified atom stereocenters. The van der Waals surface area contributed by atoms with E-state index in [-0.39, 0.29) is 11.7 Å². The first-order valence-electron chi connectivity index (χ1n) is 7.03. The van der Waals surface area contributed by atoms with Gasteiger partial charge in [0.25, 0.3) is 5.91 Å². The van der Waals surface area contributed by atoms with E-state index in [9.17, 15) is 9.18 Å². The van der Waals surface area contributed by atoms with Crippen LogP contribution in [-0.4, -0.2) is 24.0 Å². The molecule has 0 spiro atoms. The van der Waals surface area contributed by atoms with E-state index in [1.54, 1.807) is 42.6 Å². The summed E-state index contributed by atoms with van der Waals surface area (Å²) in [6.45, 7) is 4.56. The van der Waals surface area contributed by atoms with Gasteiger partial charge >= 0.3 is 0 Å². The Morgan fingerprint density at radius 1 is 1.32 bits per heavy atom. The number of aromatic nitrogens is 1. The van der Waals surface area contributed by atoms with Gasteiger partial charge < -0.3 is 10.6 Å². The fraction of sp³-hybridized carbons (Fsp3) is 0.176. The molecule has 1 aromatic carbocycles. The number of nitrogens with one attached hydrogen (secondary N) is 2. The number of carbonyl (C=O) groups is 1. The van der Waals surface area contributed by atoms with Crippen LogP contribution >= 0.6 is 0 Å². The van der Waals surface area contributed by atoms with Crippen LogP contribution in [0.2, 0.25) is 0 Å². The Labute approximate surface area is 129 Å². The van der Waals surface area contributed by atoms with Gasteiger partial charge in [0.05, 0.1) is 0 Å². The molecule has 1 amide bonds. The Kier molecular flexibility index (Phi) is 5.65. The van der Waals surface area contributed by atoms with Crippen molar-refractivity contribution in [3.63, 3.8) is 0 Å². The maximum absolute atomic E-state index is 13.5. The fourth-order valence-corrected chi connectivity index (χ4v) is 1.96. The summed E-state index contributed by atoms with van der Waals surface area (Å²) in [5.41, 5.74) is 1.10. The quantitative estimate of drug-likeness (QED) is 0.773. The number of halogens is 1. The first-order valence-corrected chi connectivity index (χ1v) is 7.03. The summed E-state index contributed by atoms with van der Waals surface area (Å²) in [6, 6.07) is 9.86. The number of hydrogen-bond donors (Lipinski definition) is 2. The molecule has 0 bridgehead atoms. The molecule has 114 valence electrons. The minimum atomic E-state index is -0.253. The summed E-state index contributed by atoms with van der Waals surface area (Å²) in [5.74, 6) is 0.151. The number of amides is 1. The molecule has 1 aromatic heterocycles. The molecule has 0 aliphatic carbocycles. The minimum Gasteiger partial charge on any atom is -0.367 e. The van der Waals surface area contributed by atoms with E-state index >= 15 is 0 Å². The van der Waals surface area contributed by atoms with E-state index in [2.05, 4.69) is 22.2 Å². The van der Waals surface area contributed by atoms with Gasteiger partial charge in [-0.2, -0.15) is 0 Å². The van der Waals surface area contributed by atoms with Crippen molar-refractivity contribution >= 4 is 11.7 Å². The predicted molar refractivity (Wildman–Crippen MR) is 85.4 cm³/mol. The summed E-state index contributed by atoms with van der Waals surface area (Å²) in [7, 11) is 0. The zero-order valence-corrected chi connectivity index (χ0v) is 12.2. The topological polar surface area (TPSA) is 54.0 Å². The molecule has 0 atom stereocenters. The summed E-state index contributed by atoms with van der Waals surface area (Å²) in [4.78, 5) is 16.2. The van der Waals surface area contributed by atoms with Crippen LogP contribution in [0.4, 0.5) is 10.2 Å². The first-order chi connectivity index (χ1) is 10.7. The molecular formula is C17H18FN3O. The Bertz CT molecular complexity index is 658. The standard InChI is InChI=1S/C17H18FN3O/c1-2-9-19-16-12-14(8-10-20-16)17(22)21-11-7-13-5-3-4-6-15(13)18/h2-6,8,10,12H,1,7,9,11H2,(H,19,20)(H,21,22). The molecule has 0 saturated heterocycles. The average Bonchev–Trinajstić information content (AvgIpc) is 2.55. The lowest BCUT2D eigenvalue weighted by molar-refractivity contribution is 0.0954. The van der Waals surface area contributed by atoms with E-state index < -0.39 is 0 Å². The zero-order valence-electron chi connectivity index (χ0n) is 12.2. The van der Waals surface area contributed by atoms with Gasteiger partial charge in [0.1, 0.15) is 11.6 Å². The molecule has 2 rings (SSSR count). The van der Waals surface area contributed by atoms with Gasteiger partial charge in [0.2, 0.25) is 0 Å². The first kappa shape index (κ1) is 15.7. The molecule has 0 saturated carbocycles. The van der Waals surface area contributed by atoms with Gasteiger partial charge in [-0.05, 0) is 30.2 Å². The van der Waals surface area contributed by atoms with Crippen LogP contribution in [0.25, 0.3) is 0 Å². The molecule has 0 radical (unpaired) electrons. The van der Waals surface area contributed by atoms with Crippen molar-refractivity contribution in [2.24, 2.45) is 0 Å². The van der Waals surface area contributed by atoms with E-state index in [1.165, 1.54) is 6.07 Å². The van der Waals surface area contributed by atoms with Crippen molar-refractivity contribution in [3.8, 4) is 0 Å². The zero-order chi connectivity index (χ0) is 15.8. The lowest BCUT2D eigenvalue weighted by atomic mass is 10.1. The fourth-order valence-electron chi connectivity index (χ4n) is 1.96. The second-order valence-corrected chi connectivity index (χ2v) is 4.70. The average molecular weight is 299 g/mol. The van der Waals surface area contributed by atoms with Gasteiger partial charge in [0, 0.05) is 24.8 Å². The molecule has 0 aliphatic rings. The third-order valence-corrected chi connectivity index (χ3v) is 3.09. The van der Waals surface area contributed by atoms with Crippen molar-refractivity contribution in [2.45, 2.75) is 6.42 Å². The SMILES string of the molecule is C=CCNc1cc(C(=O)NCCc2ccccc2F)ccn1. The minimum absolute atomic E-state index is 0.208. The van der Waals surface area contributed by atoms with Crippen LogP contribution in [-0.2, 0) is 6.42 Å². The van der Waals surface area contributed by atoms with Crippen LogP contribution < -0.4 is 10.6 Å². The number of anilines is 1. The maximum Gasteiger partial charge on any atom is 0.251 e. The third kappa shape index (κ3) is 4.41. The van der Waals surface area contributed by atoms with Crippen LogP contribution in [0.15, 0.2) is 55.3 Å². The van der Waals surface area contributed by atoms with Crippen molar-refractivity contribution in [3.05, 3.63) is 72.2 Å². The van der Waals surface area contributed by atoms with Crippen molar-refractivity contribution < 1.29 is 9.18 Å². The second kappa shape index (κ2) is 7.93. The van der Waals surface area contributed by atoms with Gasteiger partial charge in [-0.15, -0.1) is 6.58 Å². The number of rotatable bonds is 7. The van der Waals surface area contributed by atoms with Gasteiger partial charge in [-0.1, -0.05) is 24.3 Å². The van der Waals surface area contributed by atoms with E-state index in [1.807, 2.05) is 0 Å². The molecule has 4 nitrogen and oxygen atoms in total. The highest BCUT2D eigenvalue weighted by Gasteiger charge is 2.07. The summed E-state index contributed by atoms with van der Waals surface area (Å²) in [6.07, 6.45) is 3.73. The number of benzene rings is 1. The second-order valence-electron chi connectivity index (χ2n) is 4.70. The lowest BCUT2D eigenvalue weighted by Crippen LogP contribution is -2.26. The molecule has 5 heteroatoms. The van der Waals surface area contributed by atoms with Crippen molar-refractivity contribution in [1.29, 1.82) is 0 Å². The number of carbonyl (C=O) groups excluding carboxylic acids is 1. The van der Waals surface area contributed by atoms with Crippen molar-refractivity contribution in [1.82, 2.24) is 10.3 Å². The highest BCUT2D eigenvalue weighted by Crippen LogP contribution is 2.08. The van der Waals surface area contributed by atoms with E-state index in [0.717, 1.165) is 0 Å². The monoisotopic (exact) mass is 299 g/mol. The highest BCUT2D eigenvalue weighted by atomic mass is 19.1. The lowest BCUT2D eigenvalue weighted by Gasteiger charge is -2.08. The van der Waals surface area contributed by atoms with Gasteiger partial charge in [-0.25, -0.2) is 9.37 Å². The van der Waals surface area contributed by atoms with Crippen LogP contribution in [0.3, 0.4) is 0 Å². The number of nitrogens with zero attached hydrogens (tertiary/aromatic N) is 1. The largest absolute Gasteiger partial charge is 0.367 e. The third-order valence-electron chi connectivity index (χ3n) is 3.09. The molecule has 0 fully saturated rings. The number of hydrogen-bond acceptors (Lipinski definition) is 3. The summed E-state index contributed by atoms with van der Waals surface area (Å²) >= 11 is 0. The Morgan fingerprint density at radius 3 is 2.91 bits per heavy atom. The highest BCUT2D eigenvalue weighted by molar-refractivity contribution is 5.94. The Balaban J connectivity index is 1.89. The molecule has 1 heterocycles. The van der Waals surface area contributed by atoms with E-state index in [0.29, 0.717) is 36.5 Å². The normalized spacial score (nSPS) is 10.0. The molecule has 22 heavy (non-hydrogen) atoms. The van der Waals surface area contributed by atoms with E-state index in [4.69, 9.17) is 0 Å². The molecule has 0 aliphatic heterocycles. The van der Waals surface area contributed by atoms with Gasteiger partial charge in [0.15, 0.2) is 0 Å².